The largest absolute Gasteiger partial charge is 0.342 e. The normalized spacial score (nSPS) is 18.2. The maximum Gasteiger partial charge on any atom is 0.245 e. The van der Waals surface area contributed by atoms with Crippen LogP contribution < -0.4 is 10.6 Å². The Morgan fingerprint density at radius 1 is 1.24 bits per heavy atom. The number of amides is 1. The van der Waals surface area contributed by atoms with Gasteiger partial charge in [-0.1, -0.05) is 31.9 Å². The molecular formula is C19H27N5O. The number of nitrogens with two attached hydrogens (primary N) is 1. The van der Waals surface area contributed by atoms with Crippen molar-refractivity contribution in [2.24, 2.45) is 5.73 Å². The zero-order valence-corrected chi connectivity index (χ0v) is 15.1. The summed E-state index contributed by atoms with van der Waals surface area (Å²) in [4.78, 5) is 26.2. The van der Waals surface area contributed by atoms with Crippen molar-refractivity contribution < 1.29 is 4.79 Å². The van der Waals surface area contributed by atoms with E-state index >= 15 is 0 Å². The minimum Gasteiger partial charge on any atom is -0.342 e. The maximum absolute atomic E-state index is 12.8. The van der Waals surface area contributed by atoms with E-state index < -0.39 is 0 Å². The molecule has 0 bridgehead atoms. The van der Waals surface area contributed by atoms with Gasteiger partial charge in [0.05, 0.1) is 5.52 Å². The molecule has 0 radical (unpaired) electrons. The Hall–Kier alpha value is -2.21. The molecule has 1 fully saturated rings. The van der Waals surface area contributed by atoms with Gasteiger partial charge in [0.15, 0.2) is 0 Å². The lowest BCUT2D eigenvalue weighted by Crippen LogP contribution is -2.56. The molecule has 1 aromatic heterocycles. The predicted octanol–water partition coefficient (Wildman–Crippen LogP) is 1.97. The summed E-state index contributed by atoms with van der Waals surface area (Å²) < 4.78 is 0. The number of carbonyl (C=O) groups is 1. The van der Waals surface area contributed by atoms with Crippen LogP contribution in [0.25, 0.3) is 10.9 Å². The first-order chi connectivity index (χ1) is 12.2. The van der Waals surface area contributed by atoms with Crippen molar-refractivity contribution >= 4 is 22.6 Å². The molecule has 0 saturated carbocycles. The van der Waals surface area contributed by atoms with Crippen LogP contribution >= 0.6 is 0 Å². The van der Waals surface area contributed by atoms with Crippen molar-refractivity contribution in [1.82, 2.24) is 14.9 Å². The first kappa shape index (κ1) is 17.6. The predicted molar refractivity (Wildman–Crippen MR) is 101 cm³/mol. The lowest BCUT2D eigenvalue weighted by molar-refractivity contribution is -0.133. The molecule has 134 valence electrons. The van der Waals surface area contributed by atoms with Gasteiger partial charge in [0.2, 0.25) is 5.91 Å². The van der Waals surface area contributed by atoms with Gasteiger partial charge in [-0.3, -0.25) is 4.79 Å². The summed E-state index contributed by atoms with van der Waals surface area (Å²) in [5.74, 6) is 1.80. The monoisotopic (exact) mass is 341 g/mol. The second-order valence-electron chi connectivity index (χ2n) is 6.63. The molecule has 1 amide bonds. The fourth-order valence-electron chi connectivity index (χ4n) is 3.41. The van der Waals surface area contributed by atoms with E-state index in [0.29, 0.717) is 19.5 Å². The van der Waals surface area contributed by atoms with Gasteiger partial charge in [0.25, 0.3) is 0 Å². The van der Waals surface area contributed by atoms with Gasteiger partial charge < -0.3 is 15.5 Å². The standard InChI is InChI=1S/C19H27N5O/c1-3-4-9-16-19(25)23(2)12-13-24(16)18-14-7-5-6-8-15(14)21-17(22-18)10-11-20/h5-8,16H,3-4,9-13,20H2,1-2H3/t16-/m0/s1. The second-order valence-corrected chi connectivity index (χ2v) is 6.63. The fraction of sp³-hybridized carbons (Fsp3) is 0.526. The summed E-state index contributed by atoms with van der Waals surface area (Å²) in [6.07, 6.45) is 3.59. The lowest BCUT2D eigenvalue weighted by atomic mass is 10.0. The minimum absolute atomic E-state index is 0.150. The molecule has 0 aliphatic carbocycles. The van der Waals surface area contributed by atoms with E-state index in [1.165, 1.54) is 0 Å². The molecular weight excluding hydrogens is 314 g/mol. The van der Waals surface area contributed by atoms with E-state index in [-0.39, 0.29) is 11.9 Å². The molecule has 25 heavy (non-hydrogen) atoms. The van der Waals surface area contributed by atoms with Crippen LogP contribution in [0, 0.1) is 0 Å². The molecule has 6 nitrogen and oxygen atoms in total. The Bertz CT molecular complexity index is 748. The number of para-hydroxylation sites is 1. The van der Waals surface area contributed by atoms with Crippen LogP contribution in [0.4, 0.5) is 5.82 Å². The smallest absolute Gasteiger partial charge is 0.245 e. The molecule has 1 aromatic carbocycles. The van der Waals surface area contributed by atoms with E-state index in [1.54, 1.807) is 0 Å². The summed E-state index contributed by atoms with van der Waals surface area (Å²) in [6.45, 7) is 4.17. The third kappa shape index (κ3) is 3.58. The van der Waals surface area contributed by atoms with Crippen LogP contribution in [0.1, 0.15) is 32.0 Å². The van der Waals surface area contributed by atoms with Gasteiger partial charge in [-0.05, 0) is 25.1 Å². The Balaban J connectivity index is 2.06. The maximum atomic E-state index is 12.8. The number of piperazine rings is 1. The highest BCUT2D eigenvalue weighted by atomic mass is 16.2. The van der Waals surface area contributed by atoms with Crippen molar-refractivity contribution in [3.05, 3.63) is 30.1 Å². The van der Waals surface area contributed by atoms with Crippen molar-refractivity contribution in [2.75, 3.05) is 31.6 Å². The Morgan fingerprint density at radius 2 is 2.04 bits per heavy atom. The summed E-state index contributed by atoms with van der Waals surface area (Å²) in [5, 5.41) is 1.00. The number of anilines is 1. The number of benzene rings is 1. The number of likely N-dealkylation sites (N-methyl/N-ethyl adjacent to an activating group) is 1. The number of nitrogens with zero attached hydrogens (tertiary/aromatic N) is 4. The van der Waals surface area contributed by atoms with Gasteiger partial charge in [0, 0.05) is 31.9 Å². The molecule has 2 N–H and O–H groups in total. The van der Waals surface area contributed by atoms with Crippen LogP contribution in [0.2, 0.25) is 0 Å². The van der Waals surface area contributed by atoms with Gasteiger partial charge in [0.1, 0.15) is 17.7 Å². The number of hydrogen-bond donors (Lipinski definition) is 1. The van der Waals surface area contributed by atoms with Crippen molar-refractivity contribution in [2.45, 2.75) is 38.6 Å². The van der Waals surface area contributed by atoms with Gasteiger partial charge >= 0.3 is 0 Å². The highest BCUT2D eigenvalue weighted by Gasteiger charge is 2.34. The van der Waals surface area contributed by atoms with E-state index in [1.807, 2.05) is 36.2 Å². The summed E-state index contributed by atoms with van der Waals surface area (Å²) in [6, 6.07) is 7.87. The van der Waals surface area contributed by atoms with Crippen LogP contribution in [0.5, 0.6) is 0 Å². The van der Waals surface area contributed by atoms with Crippen LogP contribution in [-0.2, 0) is 11.2 Å². The molecule has 1 aliphatic heterocycles. The first-order valence-corrected chi connectivity index (χ1v) is 9.13. The fourth-order valence-corrected chi connectivity index (χ4v) is 3.41. The number of unbranched alkanes of at least 4 members (excludes halogenated alkanes) is 1. The number of rotatable bonds is 6. The van der Waals surface area contributed by atoms with E-state index in [9.17, 15) is 4.79 Å². The van der Waals surface area contributed by atoms with Crippen molar-refractivity contribution in [1.29, 1.82) is 0 Å². The molecule has 1 saturated heterocycles. The minimum atomic E-state index is -0.150. The number of hydrogen-bond acceptors (Lipinski definition) is 5. The molecule has 2 aromatic rings. The first-order valence-electron chi connectivity index (χ1n) is 9.13. The van der Waals surface area contributed by atoms with Crippen LogP contribution in [-0.4, -0.2) is 53.5 Å². The zero-order valence-electron chi connectivity index (χ0n) is 15.1. The summed E-state index contributed by atoms with van der Waals surface area (Å²) >= 11 is 0. The summed E-state index contributed by atoms with van der Waals surface area (Å²) in [7, 11) is 1.89. The highest BCUT2D eigenvalue weighted by Crippen LogP contribution is 2.29. The molecule has 1 atom stereocenters. The Morgan fingerprint density at radius 3 is 2.80 bits per heavy atom. The lowest BCUT2D eigenvalue weighted by Gasteiger charge is -2.40. The molecule has 6 heteroatoms. The van der Waals surface area contributed by atoms with Crippen LogP contribution in [0.3, 0.4) is 0 Å². The summed E-state index contributed by atoms with van der Waals surface area (Å²) in [5.41, 5.74) is 6.63. The SMILES string of the molecule is CCCC[C@H]1C(=O)N(C)CCN1c1nc(CCN)nc2ccccc12. The zero-order chi connectivity index (χ0) is 17.8. The second kappa shape index (κ2) is 7.78. The quantitative estimate of drug-likeness (QED) is 0.869. The average molecular weight is 341 g/mol. The van der Waals surface area contributed by atoms with Gasteiger partial charge in [-0.25, -0.2) is 9.97 Å². The van der Waals surface area contributed by atoms with Gasteiger partial charge in [-0.15, -0.1) is 0 Å². The third-order valence-corrected chi connectivity index (χ3v) is 4.81. The molecule has 0 unspecified atom stereocenters. The topological polar surface area (TPSA) is 75.4 Å². The molecule has 3 rings (SSSR count). The van der Waals surface area contributed by atoms with E-state index in [0.717, 1.165) is 48.4 Å². The number of aromatic nitrogens is 2. The Labute approximate surface area is 149 Å². The van der Waals surface area contributed by atoms with E-state index in [2.05, 4.69) is 16.8 Å². The van der Waals surface area contributed by atoms with E-state index in [4.69, 9.17) is 10.7 Å². The van der Waals surface area contributed by atoms with Crippen molar-refractivity contribution in [3.63, 3.8) is 0 Å². The number of carbonyl (C=O) groups excluding carboxylic acids is 1. The average Bonchev–Trinajstić information content (AvgIpc) is 2.62. The van der Waals surface area contributed by atoms with Crippen molar-refractivity contribution in [3.8, 4) is 0 Å². The highest BCUT2D eigenvalue weighted by molar-refractivity contribution is 5.93. The number of fused-ring (bicyclic) bond motifs is 1. The van der Waals surface area contributed by atoms with Crippen LogP contribution in [0.15, 0.2) is 24.3 Å². The molecule has 2 heterocycles. The third-order valence-electron chi connectivity index (χ3n) is 4.81. The van der Waals surface area contributed by atoms with Gasteiger partial charge in [-0.2, -0.15) is 0 Å². The molecule has 1 aliphatic rings. The molecule has 0 spiro atoms. The Kier molecular flexibility index (Phi) is 5.48.